The van der Waals surface area contributed by atoms with Gasteiger partial charge in [0.15, 0.2) is 0 Å². The van der Waals surface area contributed by atoms with Gasteiger partial charge in [0, 0.05) is 73.8 Å². The topological polar surface area (TPSA) is 79.8 Å². The summed E-state index contributed by atoms with van der Waals surface area (Å²) in [5, 5.41) is 4.57. The van der Waals surface area contributed by atoms with Crippen LogP contribution in [0.2, 0.25) is 0 Å². The molecule has 4 aromatic rings. The van der Waals surface area contributed by atoms with Gasteiger partial charge >= 0.3 is 0 Å². The van der Waals surface area contributed by atoms with Gasteiger partial charge < -0.3 is 24.6 Å². The molecule has 1 unspecified atom stereocenters. The predicted molar refractivity (Wildman–Crippen MR) is 156 cm³/mol. The standard InChI is InChI=1S/C31H34FN5O3/c1-21(39-3)20-36(2)31-33-14-13-29(35-31)40-28-12-11-27(25-9-5-6-10-26(25)28)34-30(38)22-17-23(32)19-24(18-22)37-15-7-4-8-16-37/h5-6,9-14,17-19,21H,4,7-8,15-16,20H2,1-3H3,(H,34,38). The molecule has 1 atom stereocenters. The van der Waals surface area contributed by atoms with Gasteiger partial charge in [0.05, 0.1) is 6.10 Å². The van der Waals surface area contributed by atoms with Crippen LogP contribution in [0.5, 0.6) is 11.6 Å². The van der Waals surface area contributed by atoms with E-state index >= 15 is 0 Å². The van der Waals surface area contributed by atoms with Crippen LogP contribution in [0, 0.1) is 5.82 Å². The summed E-state index contributed by atoms with van der Waals surface area (Å²) in [6.45, 7) is 4.34. The molecule has 1 N–H and O–H groups in total. The number of nitrogens with one attached hydrogen (secondary N) is 1. The molecule has 1 aliphatic heterocycles. The SMILES string of the molecule is COC(C)CN(C)c1nccc(Oc2ccc(NC(=O)c3cc(F)cc(N4CCCCC4)c3)c3ccccc23)n1. The number of amides is 1. The average molecular weight is 544 g/mol. The summed E-state index contributed by atoms with van der Waals surface area (Å²) in [6.07, 6.45) is 4.99. The molecule has 0 radical (unpaired) electrons. The van der Waals surface area contributed by atoms with Crippen molar-refractivity contribution in [3.63, 3.8) is 0 Å². The Morgan fingerprint density at radius 2 is 1.85 bits per heavy atom. The van der Waals surface area contributed by atoms with Gasteiger partial charge in [-0.3, -0.25) is 4.79 Å². The Hall–Kier alpha value is -4.24. The Labute approximate surface area is 233 Å². The molecule has 2 heterocycles. The molecular weight excluding hydrogens is 509 g/mol. The number of hydrogen-bond acceptors (Lipinski definition) is 7. The molecule has 5 rings (SSSR count). The van der Waals surface area contributed by atoms with Crippen LogP contribution in [-0.2, 0) is 4.74 Å². The van der Waals surface area contributed by atoms with Crippen LogP contribution in [-0.4, -0.2) is 55.8 Å². The molecular formula is C31H34FN5O3. The third-order valence-electron chi connectivity index (χ3n) is 7.10. The van der Waals surface area contributed by atoms with E-state index in [1.54, 1.807) is 37.6 Å². The fraction of sp³-hybridized carbons (Fsp3) is 0.323. The molecule has 8 nitrogen and oxygen atoms in total. The number of ether oxygens (including phenoxy) is 2. The predicted octanol–water partition coefficient (Wildman–Crippen LogP) is 6.27. The van der Waals surface area contributed by atoms with E-state index in [4.69, 9.17) is 9.47 Å². The highest BCUT2D eigenvalue weighted by molar-refractivity contribution is 6.10. The first-order valence-corrected chi connectivity index (χ1v) is 13.5. The Morgan fingerprint density at radius 3 is 2.62 bits per heavy atom. The van der Waals surface area contributed by atoms with Crippen molar-refractivity contribution in [2.24, 2.45) is 0 Å². The third kappa shape index (κ3) is 6.31. The lowest BCUT2D eigenvalue weighted by Gasteiger charge is -2.29. The Balaban J connectivity index is 1.38. The molecule has 208 valence electrons. The quantitative estimate of drug-likeness (QED) is 0.266. The van der Waals surface area contributed by atoms with E-state index in [0.717, 1.165) is 42.4 Å². The van der Waals surface area contributed by atoms with Gasteiger partial charge in [-0.1, -0.05) is 24.3 Å². The highest BCUT2D eigenvalue weighted by Gasteiger charge is 2.17. The second-order valence-corrected chi connectivity index (χ2v) is 10.1. The fourth-order valence-electron chi connectivity index (χ4n) is 4.93. The number of carbonyl (C=O) groups is 1. The zero-order valence-corrected chi connectivity index (χ0v) is 23.1. The smallest absolute Gasteiger partial charge is 0.255 e. The molecule has 1 fully saturated rings. The number of fused-ring (bicyclic) bond motifs is 1. The van der Waals surface area contributed by atoms with E-state index < -0.39 is 5.82 Å². The monoisotopic (exact) mass is 543 g/mol. The number of carbonyl (C=O) groups excluding carboxylic acids is 1. The molecule has 0 bridgehead atoms. The van der Waals surface area contributed by atoms with Gasteiger partial charge in [0.1, 0.15) is 11.6 Å². The summed E-state index contributed by atoms with van der Waals surface area (Å²) in [5.41, 5.74) is 1.63. The Bertz CT molecular complexity index is 1490. The molecule has 0 aliphatic carbocycles. The molecule has 3 aromatic carbocycles. The van der Waals surface area contributed by atoms with Crippen molar-refractivity contribution in [2.75, 3.05) is 48.9 Å². The van der Waals surface area contributed by atoms with Crippen molar-refractivity contribution in [1.82, 2.24) is 9.97 Å². The van der Waals surface area contributed by atoms with E-state index in [1.165, 1.54) is 18.6 Å². The highest BCUT2D eigenvalue weighted by atomic mass is 19.1. The van der Waals surface area contributed by atoms with Crippen molar-refractivity contribution < 1.29 is 18.7 Å². The van der Waals surface area contributed by atoms with E-state index in [2.05, 4.69) is 20.2 Å². The first kappa shape index (κ1) is 27.3. The minimum absolute atomic E-state index is 0.0219. The maximum Gasteiger partial charge on any atom is 0.255 e. The number of piperidine rings is 1. The van der Waals surface area contributed by atoms with Gasteiger partial charge in [-0.05, 0) is 56.5 Å². The minimum Gasteiger partial charge on any atom is -0.438 e. The second kappa shape index (κ2) is 12.3. The number of anilines is 3. The van der Waals surface area contributed by atoms with E-state index in [9.17, 15) is 9.18 Å². The number of likely N-dealkylation sites (N-methyl/N-ethyl adjacent to an activating group) is 1. The molecule has 0 spiro atoms. The fourth-order valence-corrected chi connectivity index (χ4v) is 4.93. The normalized spacial score (nSPS) is 14.2. The van der Waals surface area contributed by atoms with Crippen LogP contribution >= 0.6 is 0 Å². The zero-order chi connectivity index (χ0) is 28.1. The number of aromatic nitrogens is 2. The van der Waals surface area contributed by atoms with Gasteiger partial charge in [0.2, 0.25) is 11.8 Å². The van der Waals surface area contributed by atoms with E-state index in [1.807, 2.05) is 43.1 Å². The van der Waals surface area contributed by atoms with Crippen LogP contribution in [0.4, 0.5) is 21.7 Å². The largest absolute Gasteiger partial charge is 0.438 e. The second-order valence-electron chi connectivity index (χ2n) is 10.1. The number of methoxy groups -OCH3 is 1. The molecule has 0 saturated carbocycles. The number of benzene rings is 3. The third-order valence-corrected chi connectivity index (χ3v) is 7.10. The summed E-state index contributed by atoms with van der Waals surface area (Å²) in [5.74, 6) is 0.713. The summed E-state index contributed by atoms with van der Waals surface area (Å²) in [7, 11) is 3.57. The first-order chi connectivity index (χ1) is 19.4. The van der Waals surface area contributed by atoms with Crippen LogP contribution in [0.3, 0.4) is 0 Å². The summed E-state index contributed by atoms with van der Waals surface area (Å²) in [6, 6.07) is 17.5. The van der Waals surface area contributed by atoms with Gasteiger partial charge in [0.25, 0.3) is 5.91 Å². The number of nitrogens with zero attached hydrogens (tertiary/aromatic N) is 4. The summed E-state index contributed by atoms with van der Waals surface area (Å²) in [4.78, 5) is 26.2. The number of halogens is 1. The van der Waals surface area contributed by atoms with Gasteiger partial charge in [-0.15, -0.1) is 0 Å². The number of rotatable bonds is 9. The molecule has 1 aromatic heterocycles. The maximum absolute atomic E-state index is 14.5. The number of hydrogen-bond donors (Lipinski definition) is 1. The minimum atomic E-state index is -0.423. The molecule has 1 amide bonds. The Morgan fingerprint density at radius 1 is 1.07 bits per heavy atom. The van der Waals surface area contributed by atoms with Crippen molar-refractivity contribution in [3.05, 3.63) is 78.2 Å². The van der Waals surface area contributed by atoms with Crippen LogP contribution in [0.25, 0.3) is 10.8 Å². The molecule has 1 saturated heterocycles. The molecule has 1 aliphatic rings. The first-order valence-electron chi connectivity index (χ1n) is 13.5. The van der Waals surface area contributed by atoms with Crippen molar-refractivity contribution in [2.45, 2.75) is 32.3 Å². The maximum atomic E-state index is 14.5. The van der Waals surface area contributed by atoms with Crippen molar-refractivity contribution in [3.8, 4) is 11.6 Å². The molecule has 9 heteroatoms. The average Bonchev–Trinajstić information content (AvgIpc) is 2.98. The lowest BCUT2D eigenvalue weighted by molar-refractivity contribution is 0.102. The highest BCUT2D eigenvalue weighted by Crippen LogP contribution is 2.34. The van der Waals surface area contributed by atoms with Crippen molar-refractivity contribution >= 4 is 34.0 Å². The van der Waals surface area contributed by atoms with Crippen LogP contribution in [0.1, 0.15) is 36.5 Å². The van der Waals surface area contributed by atoms with Gasteiger partial charge in [-0.2, -0.15) is 4.98 Å². The summed E-state index contributed by atoms with van der Waals surface area (Å²) < 4.78 is 26.0. The van der Waals surface area contributed by atoms with Crippen LogP contribution in [0.15, 0.2) is 66.9 Å². The van der Waals surface area contributed by atoms with Crippen LogP contribution < -0.4 is 19.9 Å². The van der Waals surface area contributed by atoms with E-state index in [-0.39, 0.29) is 17.6 Å². The van der Waals surface area contributed by atoms with E-state index in [0.29, 0.717) is 29.8 Å². The summed E-state index contributed by atoms with van der Waals surface area (Å²) >= 11 is 0. The zero-order valence-electron chi connectivity index (χ0n) is 23.1. The van der Waals surface area contributed by atoms with Gasteiger partial charge in [-0.25, -0.2) is 9.37 Å². The lowest BCUT2D eigenvalue weighted by Crippen LogP contribution is -2.29. The Kier molecular flexibility index (Phi) is 8.40. The lowest BCUT2D eigenvalue weighted by atomic mass is 10.1. The molecule has 40 heavy (non-hydrogen) atoms. The van der Waals surface area contributed by atoms with Crippen molar-refractivity contribution in [1.29, 1.82) is 0 Å².